The summed E-state index contributed by atoms with van der Waals surface area (Å²) >= 11 is 0. The largest absolute Gasteiger partial charge is 0.423 e. The molecule has 2 aromatic carbocycles. The minimum Gasteiger partial charge on any atom is -0.423 e. The summed E-state index contributed by atoms with van der Waals surface area (Å²) in [6, 6.07) is 9.83. The predicted molar refractivity (Wildman–Crippen MR) is 111 cm³/mol. The van der Waals surface area contributed by atoms with Crippen LogP contribution in [0, 0.1) is 28.9 Å². The van der Waals surface area contributed by atoms with Gasteiger partial charge in [-0.3, -0.25) is 0 Å². The van der Waals surface area contributed by atoms with Gasteiger partial charge in [-0.25, -0.2) is 13.6 Å². The predicted octanol–water partition coefficient (Wildman–Crippen LogP) is 6.91. The first kappa shape index (κ1) is 22.0. The lowest BCUT2D eigenvalue weighted by Gasteiger charge is -2.29. The highest BCUT2D eigenvalue weighted by Crippen LogP contribution is 2.38. The van der Waals surface area contributed by atoms with E-state index in [2.05, 4.69) is 6.92 Å². The fourth-order valence-corrected chi connectivity index (χ4v) is 4.23. The maximum atomic E-state index is 14.6. The van der Waals surface area contributed by atoms with Gasteiger partial charge in [0, 0.05) is 6.07 Å². The first-order valence-electron chi connectivity index (χ1n) is 10.7. The molecule has 0 N–H and O–H groups in total. The van der Waals surface area contributed by atoms with Crippen molar-refractivity contribution < 1.29 is 18.3 Å². The number of nitriles is 1. The summed E-state index contributed by atoms with van der Waals surface area (Å²) < 4.78 is 33.4. The summed E-state index contributed by atoms with van der Waals surface area (Å²) in [6.07, 6.45) is 9.54. The van der Waals surface area contributed by atoms with E-state index < -0.39 is 17.6 Å². The van der Waals surface area contributed by atoms with Crippen molar-refractivity contribution in [1.82, 2.24) is 0 Å². The molecule has 0 unspecified atom stereocenters. The molecule has 2 aromatic rings. The van der Waals surface area contributed by atoms with Crippen LogP contribution in [-0.2, 0) is 0 Å². The molecule has 1 saturated carbocycles. The van der Waals surface area contributed by atoms with Crippen LogP contribution >= 0.6 is 0 Å². The fraction of sp³-hybridized carbons (Fsp3) is 0.440. The van der Waals surface area contributed by atoms with Crippen LogP contribution in [0.25, 0.3) is 0 Å². The topological polar surface area (TPSA) is 50.1 Å². The molecule has 0 aliphatic heterocycles. The Labute approximate surface area is 176 Å². The summed E-state index contributed by atoms with van der Waals surface area (Å²) in [5, 5.41) is 8.75. The average Bonchev–Trinajstić information content (AvgIpc) is 2.74. The highest BCUT2D eigenvalue weighted by Gasteiger charge is 2.24. The Morgan fingerprint density at radius 3 is 2.47 bits per heavy atom. The van der Waals surface area contributed by atoms with Crippen molar-refractivity contribution in [2.45, 2.75) is 64.2 Å². The summed E-state index contributed by atoms with van der Waals surface area (Å²) in [7, 11) is 0. The van der Waals surface area contributed by atoms with E-state index in [1.807, 2.05) is 0 Å². The minimum atomic E-state index is -0.886. The number of hydrogen-bond donors (Lipinski definition) is 0. The zero-order valence-corrected chi connectivity index (χ0v) is 17.3. The van der Waals surface area contributed by atoms with E-state index in [9.17, 15) is 13.6 Å². The van der Waals surface area contributed by atoms with Gasteiger partial charge in [-0.15, -0.1) is 0 Å². The van der Waals surface area contributed by atoms with E-state index in [1.165, 1.54) is 62.8 Å². The number of nitrogens with zero attached hydrogens (tertiary/aromatic N) is 1. The van der Waals surface area contributed by atoms with Crippen molar-refractivity contribution in [3.63, 3.8) is 0 Å². The second-order valence-electron chi connectivity index (χ2n) is 8.10. The zero-order valence-electron chi connectivity index (χ0n) is 17.3. The molecule has 0 saturated heterocycles. The number of benzene rings is 2. The highest BCUT2D eigenvalue weighted by atomic mass is 19.1. The Balaban J connectivity index is 1.61. The van der Waals surface area contributed by atoms with Crippen molar-refractivity contribution in [1.29, 1.82) is 5.26 Å². The molecule has 1 aliphatic carbocycles. The molecule has 0 bridgehead atoms. The van der Waals surface area contributed by atoms with Gasteiger partial charge in [-0.05, 0) is 67.3 Å². The first-order chi connectivity index (χ1) is 14.5. The molecule has 0 heterocycles. The molecular weight excluding hydrogens is 384 g/mol. The molecule has 0 aromatic heterocycles. The van der Waals surface area contributed by atoms with Gasteiger partial charge >= 0.3 is 5.97 Å². The van der Waals surface area contributed by atoms with E-state index in [0.717, 1.165) is 30.4 Å². The van der Waals surface area contributed by atoms with Crippen molar-refractivity contribution >= 4 is 5.97 Å². The standard InChI is InChI=1S/C25H27F2NO2/c1-2-3-4-5-17-6-8-18(9-7-17)19-11-13-22(24(27)14-19)25(29)30-21-12-10-20(16-28)23(26)15-21/h10-15,17-18H,2-9H2,1H3. The summed E-state index contributed by atoms with van der Waals surface area (Å²) in [6.45, 7) is 2.22. The van der Waals surface area contributed by atoms with Crippen molar-refractivity contribution in [3.05, 3.63) is 64.7 Å². The minimum absolute atomic E-state index is 0.0682. The number of carbonyl (C=O) groups is 1. The fourth-order valence-electron chi connectivity index (χ4n) is 4.23. The monoisotopic (exact) mass is 411 g/mol. The maximum absolute atomic E-state index is 14.6. The second kappa shape index (κ2) is 10.3. The third kappa shape index (κ3) is 5.44. The lowest BCUT2D eigenvalue weighted by atomic mass is 9.77. The maximum Gasteiger partial charge on any atom is 0.346 e. The Morgan fingerprint density at radius 1 is 1.07 bits per heavy atom. The van der Waals surface area contributed by atoms with Crippen LogP contribution in [0.2, 0.25) is 0 Å². The molecule has 158 valence electrons. The van der Waals surface area contributed by atoms with Gasteiger partial charge in [-0.2, -0.15) is 5.26 Å². The van der Waals surface area contributed by atoms with Gasteiger partial charge in [0.05, 0.1) is 11.1 Å². The van der Waals surface area contributed by atoms with Crippen LogP contribution in [0.15, 0.2) is 36.4 Å². The van der Waals surface area contributed by atoms with E-state index >= 15 is 0 Å². The smallest absolute Gasteiger partial charge is 0.346 e. The third-order valence-corrected chi connectivity index (χ3v) is 6.02. The molecule has 0 spiro atoms. The Kier molecular flexibility index (Phi) is 7.57. The molecule has 5 heteroatoms. The van der Waals surface area contributed by atoms with E-state index in [4.69, 9.17) is 10.00 Å². The Bertz CT molecular complexity index is 927. The van der Waals surface area contributed by atoms with Crippen LogP contribution in [0.1, 0.15) is 85.7 Å². The number of hydrogen-bond acceptors (Lipinski definition) is 3. The normalized spacial score (nSPS) is 18.6. The molecule has 1 aliphatic rings. The van der Waals surface area contributed by atoms with E-state index in [1.54, 1.807) is 12.1 Å². The molecule has 3 nitrogen and oxygen atoms in total. The van der Waals surface area contributed by atoms with E-state index in [0.29, 0.717) is 5.92 Å². The number of rotatable bonds is 7. The Morgan fingerprint density at radius 2 is 1.83 bits per heavy atom. The lowest BCUT2D eigenvalue weighted by Crippen LogP contribution is -2.15. The zero-order chi connectivity index (χ0) is 21.5. The number of ether oxygens (including phenoxy) is 1. The molecule has 1 fully saturated rings. The van der Waals surface area contributed by atoms with Gasteiger partial charge in [0.1, 0.15) is 23.5 Å². The van der Waals surface area contributed by atoms with Gasteiger partial charge < -0.3 is 4.74 Å². The Hall–Kier alpha value is -2.74. The average molecular weight is 411 g/mol. The molecule has 3 rings (SSSR count). The van der Waals surface area contributed by atoms with Gasteiger partial charge in [0.25, 0.3) is 0 Å². The summed E-state index contributed by atoms with van der Waals surface area (Å²) in [5.74, 6) is -1.27. The van der Waals surface area contributed by atoms with Gasteiger partial charge in [-0.1, -0.05) is 38.7 Å². The molecule has 0 amide bonds. The third-order valence-electron chi connectivity index (χ3n) is 6.02. The molecule has 0 atom stereocenters. The summed E-state index contributed by atoms with van der Waals surface area (Å²) in [4.78, 5) is 12.3. The first-order valence-corrected chi connectivity index (χ1v) is 10.7. The van der Waals surface area contributed by atoms with Gasteiger partial charge in [0.15, 0.2) is 0 Å². The lowest BCUT2D eigenvalue weighted by molar-refractivity contribution is 0.0729. The SMILES string of the molecule is CCCCCC1CCC(c2ccc(C(=O)Oc3ccc(C#N)c(F)c3)c(F)c2)CC1. The number of unbranched alkanes of at least 4 members (excludes halogenated alkanes) is 2. The number of halogens is 2. The van der Waals surface area contributed by atoms with Crippen molar-refractivity contribution in [2.75, 3.05) is 0 Å². The molecular formula is C25H27F2NO2. The van der Waals surface area contributed by atoms with Crippen molar-refractivity contribution in [2.24, 2.45) is 5.92 Å². The molecule has 30 heavy (non-hydrogen) atoms. The van der Waals surface area contributed by atoms with Gasteiger partial charge in [0.2, 0.25) is 0 Å². The van der Waals surface area contributed by atoms with Crippen LogP contribution in [-0.4, -0.2) is 5.97 Å². The van der Waals surface area contributed by atoms with E-state index in [-0.39, 0.29) is 16.9 Å². The number of carbonyl (C=O) groups excluding carboxylic acids is 1. The van der Waals surface area contributed by atoms with Crippen LogP contribution in [0.4, 0.5) is 8.78 Å². The summed E-state index contributed by atoms with van der Waals surface area (Å²) in [5.41, 5.74) is 0.586. The quantitative estimate of drug-likeness (QED) is 0.283. The van der Waals surface area contributed by atoms with Crippen LogP contribution < -0.4 is 4.74 Å². The number of esters is 1. The second-order valence-corrected chi connectivity index (χ2v) is 8.10. The highest BCUT2D eigenvalue weighted by molar-refractivity contribution is 5.91. The molecule has 0 radical (unpaired) electrons. The van der Waals surface area contributed by atoms with Crippen LogP contribution in [0.5, 0.6) is 5.75 Å². The van der Waals surface area contributed by atoms with Crippen LogP contribution in [0.3, 0.4) is 0 Å². The van der Waals surface area contributed by atoms with Crippen molar-refractivity contribution in [3.8, 4) is 11.8 Å².